The van der Waals surface area contributed by atoms with Gasteiger partial charge in [-0.05, 0) is 13.3 Å². The van der Waals surface area contributed by atoms with Gasteiger partial charge in [0.1, 0.15) is 5.76 Å². The quantitative estimate of drug-likeness (QED) is 0.890. The number of nitrogens with one attached hydrogen (secondary N) is 1. The van der Waals surface area contributed by atoms with Crippen molar-refractivity contribution in [3.8, 4) is 0 Å². The number of amides is 1. The molecule has 20 heavy (non-hydrogen) atoms. The fourth-order valence-electron chi connectivity index (χ4n) is 3.29. The molecule has 0 bridgehead atoms. The fraction of sp³-hybridized carbons (Fsp3) is 0.692. The summed E-state index contributed by atoms with van der Waals surface area (Å²) < 4.78 is 32.9. The first kappa shape index (κ1) is 13.5. The SMILES string of the molecule is Cc1cc(CN2CC(F)(F)CC3(CCNC3=O)C2)no1. The molecule has 7 heteroatoms. The van der Waals surface area contributed by atoms with Crippen LogP contribution in [0.4, 0.5) is 8.78 Å². The summed E-state index contributed by atoms with van der Waals surface area (Å²) in [5.74, 6) is -2.45. The van der Waals surface area contributed by atoms with Gasteiger partial charge in [-0.3, -0.25) is 9.69 Å². The lowest BCUT2D eigenvalue weighted by Crippen LogP contribution is -2.54. The lowest BCUT2D eigenvalue weighted by molar-refractivity contribution is -0.149. The number of hydrogen-bond donors (Lipinski definition) is 1. The van der Waals surface area contributed by atoms with Gasteiger partial charge in [-0.2, -0.15) is 0 Å². The predicted molar refractivity (Wildman–Crippen MR) is 66.1 cm³/mol. The van der Waals surface area contributed by atoms with E-state index in [2.05, 4.69) is 10.5 Å². The molecule has 110 valence electrons. The first-order valence-electron chi connectivity index (χ1n) is 6.69. The molecular formula is C13H17F2N3O2. The number of piperidine rings is 1. The minimum atomic E-state index is -2.85. The van der Waals surface area contributed by atoms with Crippen molar-refractivity contribution >= 4 is 5.91 Å². The van der Waals surface area contributed by atoms with E-state index in [4.69, 9.17) is 4.52 Å². The van der Waals surface area contributed by atoms with Gasteiger partial charge in [0.15, 0.2) is 0 Å². The van der Waals surface area contributed by atoms with Crippen LogP contribution in [-0.4, -0.2) is 41.5 Å². The van der Waals surface area contributed by atoms with E-state index < -0.39 is 11.3 Å². The van der Waals surface area contributed by atoms with E-state index in [0.717, 1.165) is 0 Å². The number of hydrogen-bond acceptors (Lipinski definition) is 4. The van der Waals surface area contributed by atoms with E-state index in [1.165, 1.54) is 0 Å². The molecule has 1 aromatic rings. The Morgan fingerprint density at radius 3 is 2.90 bits per heavy atom. The Bertz CT molecular complexity index is 531. The molecule has 3 heterocycles. The average molecular weight is 285 g/mol. The number of likely N-dealkylation sites (tertiary alicyclic amines) is 1. The number of aryl methyl sites for hydroxylation is 1. The van der Waals surface area contributed by atoms with Crippen LogP contribution in [0, 0.1) is 12.3 Å². The van der Waals surface area contributed by atoms with Crippen LogP contribution in [-0.2, 0) is 11.3 Å². The molecule has 1 unspecified atom stereocenters. The monoisotopic (exact) mass is 285 g/mol. The van der Waals surface area contributed by atoms with Crippen molar-refractivity contribution in [1.82, 2.24) is 15.4 Å². The van der Waals surface area contributed by atoms with Crippen LogP contribution in [0.2, 0.25) is 0 Å². The molecule has 0 aliphatic carbocycles. The van der Waals surface area contributed by atoms with Crippen LogP contribution in [0.1, 0.15) is 24.3 Å². The molecule has 2 saturated heterocycles. The van der Waals surface area contributed by atoms with Gasteiger partial charge >= 0.3 is 0 Å². The summed E-state index contributed by atoms with van der Waals surface area (Å²) in [6.45, 7) is 2.52. The standard InChI is InChI=1S/C13H17F2N3O2/c1-9-4-10(17-20-9)5-18-7-12(2-3-16-11(12)19)6-13(14,15)8-18/h4H,2-3,5-8H2,1H3,(H,16,19). The number of alkyl halides is 2. The third-order valence-corrected chi connectivity index (χ3v) is 4.01. The minimum Gasteiger partial charge on any atom is -0.361 e. The first-order chi connectivity index (χ1) is 9.39. The number of halogens is 2. The van der Waals surface area contributed by atoms with E-state index >= 15 is 0 Å². The summed E-state index contributed by atoms with van der Waals surface area (Å²) in [5, 5.41) is 6.50. The van der Waals surface area contributed by atoms with Gasteiger partial charge in [0, 0.05) is 32.1 Å². The van der Waals surface area contributed by atoms with Gasteiger partial charge in [-0.1, -0.05) is 5.16 Å². The van der Waals surface area contributed by atoms with Crippen LogP contribution in [0.5, 0.6) is 0 Å². The van der Waals surface area contributed by atoms with Gasteiger partial charge in [-0.25, -0.2) is 8.78 Å². The predicted octanol–water partition coefficient (Wildman–Crippen LogP) is 1.33. The van der Waals surface area contributed by atoms with E-state index in [1.54, 1.807) is 17.9 Å². The molecule has 0 radical (unpaired) electrons. The van der Waals surface area contributed by atoms with Crippen LogP contribution >= 0.6 is 0 Å². The zero-order valence-corrected chi connectivity index (χ0v) is 11.3. The number of rotatable bonds is 2. The molecule has 1 aromatic heterocycles. The van der Waals surface area contributed by atoms with Crippen molar-refractivity contribution in [2.75, 3.05) is 19.6 Å². The van der Waals surface area contributed by atoms with Crippen molar-refractivity contribution in [2.24, 2.45) is 5.41 Å². The molecule has 1 atom stereocenters. The molecule has 2 fully saturated rings. The molecule has 3 rings (SSSR count). The van der Waals surface area contributed by atoms with Crippen LogP contribution in [0.3, 0.4) is 0 Å². The van der Waals surface area contributed by atoms with Gasteiger partial charge in [0.25, 0.3) is 5.92 Å². The highest BCUT2D eigenvalue weighted by Gasteiger charge is 2.54. The summed E-state index contributed by atoms with van der Waals surface area (Å²) in [4.78, 5) is 13.5. The molecule has 0 aromatic carbocycles. The van der Waals surface area contributed by atoms with E-state index in [1.807, 2.05) is 0 Å². The van der Waals surface area contributed by atoms with E-state index in [0.29, 0.717) is 31.0 Å². The van der Waals surface area contributed by atoms with Crippen LogP contribution in [0.15, 0.2) is 10.6 Å². The molecule has 1 N–H and O–H groups in total. The summed E-state index contributed by atoms with van der Waals surface area (Å²) in [6, 6.07) is 1.73. The van der Waals surface area contributed by atoms with Crippen molar-refractivity contribution in [3.05, 3.63) is 17.5 Å². The maximum atomic E-state index is 14.0. The zero-order valence-electron chi connectivity index (χ0n) is 11.3. The molecule has 5 nitrogen and oxygen atoms in total. The van der Waals surface area contributed by atoms with Crippen molar-refractivity contribution in [3.63, 3.8) is 0 Å². The molecule has 1 spiro atoms. The van der Waals surface area contributed by atoms with Crippen LogP contribution < -0.4 is 5.32 Å². The largest absolute Gasteiger partial charge is 0.361 e. The second-order valence-corrected chi connectivity index (χ2v) is 5.89. The lowest BCUT2D eigenvalue weighted by Gasteiger charge is -2.42. The van der Waals surface area contributed by atoms with Gasteiger partial charge in [0.2, 0.25) is 5.91 Å². The molecule has 2 aliphatic heterocycles. The van der Waals surface area contributed by atoms with Crippen molar-refractivity contribution < 1.29 is 18.1 Å². The highest BCUT2D eigenvalue weighted by Crippen LogP contribution is 2.43. The van der Waals surface area contributed by atoms with Crippen molar-refractivity contribution in [2.45, 2.75) is 32.2 Å². The highest BCUT2D eigenvalue weighted by molar-refractivity contribution is 5.85. The molecule has 1 amide bonds. The maximum absolute atomic E-state index is 14.0. The Morgan fingerprint density at radius 1 is 1.50 bits per heavy atom. The molecule has 2 aliphatic rings. The Hall–Kier alpha value is -1.50. The van der Waals surface area contributed by atoms with Gasteiger partial charge in [0.05, 0.1) is 17.7 Å². The second kappa shape index (κ2) is 4.51. The number of nitrogens with zero attached hydrogens (tertiary/aromatic N) is 2. The summed E-state index contributed by atoms with van der Waals surface area (Å²) >= 11 is 0. The topological polar surface area (TPSA) is 58.4 Å². The Balaban J connectivity index is 1.79. The molecular weight excluding hydrogens is 268 g/mol. The van der Waals surface area contributed by atoms with Gasteiger partial charge in [-0.15, -0.1) is 0 Å². The normalized spacial score (nSPS) is 29.9. The third kappa shape index (κ3) is 2.42. The highest BCUT2D eigenvalue weighted by atomic mass is 19.3. The first-order valence-corrected chi connectivity index (χ1v) is 6.69. The maximum Gasteiger partial charge on any atom is 0.261 e. The Kier molecular flexibility index (Phi) is 3.04. The average Bonchev–Trinajstić information content (AvgIpc) is 2.85. The smallest absolute Gasteiger partial charge is 0.261 e. The Labute approximate surface area is 115 Å². The summed E-state index contributed by atoms with van der Waals surface area (Å²) in [5.41, 5.74) is -0.339. The van der Waals surface area contributed by atoms with E-state index in [9.17, 15) is 13.6 Å². The lowest BCUT2D eigenvalue weighted by atomic mass is 9.77. The zero-order chi connectivity index (χ0) is 14.4. The number of aromatic nitrogens is 1. The van der Waals surface area contributed by atoms with Crippen LogP contribution in [0.25, 0.3) is 0 Å². The molecule has 0 saturated carbocycles. The number of carbonyl (C=O) groups is 1. The van der Waals surface area contributed by atoms with Crippen molar-refractivity contribution in [1.29, 1.82) is 0 Å². The summed E-state index contributed by atoms with van der Waals surface area (Å²) in [6.07, 6.45) is 0.107. The second-order valence-electron chi connectivity index (χ2n) is 5.89. The van der Waals surface area contributed by atoms with Gasteiger partial charge < -0.3 is 9.84 Å². The fourth-order valence-corrected chi connectivity index (χ4v) is 3.29. The summed E-state index contributed by atoms with van der Waals surface area (Å²) in [7, 11) is 0. The number of carbonyl (C=O) groups excluding carboxylic acids is 1. The minimum absolute atomic E-state index is 0.252. The van der Waals surface area contributed by atoms with E-state index in [-0.39, 0.29) is 25.4 Å². The Morgan fingerprint density at radius 2 is 2.30 bits per heavy atom. The third-order valence-electron chi connectivity index (χ3n) is 4.01.